The van der Waals surface area contributed by atoms with E-state index in [0.29, 0.717) is 42.6 Å². The fourth-order valence-electron chi connectivity index (χ4n) is 10.2. The lowest BCUT2D eigenvalue weighted by Gasteiger charge is -2.41. The van der Waals surface area contributed by atoms with E-state index in [9.17, 15) is 14.7 Å². The third-order valence-corrected chi connectivity index (χ3v) is 13.5. The van der Waals surface area contributed by atoms with Crippen molar-refractivity contribution in [3.8, 4) is 0 Å². The molecule has 10 nitrogen and oxygen atoms in total. The standard InChI is InChI=1S/C23H28O5S.C21H26O4.C2H3ClOS/c1-14-12-15(2)17(16(3)13-14)18-19(27-21(29)25-4)23(28-20(18)24)9-7-22(8-10-23)6-5-11-26-22;1-13-11-14(2)16(15(3)12-13)17-18(22)21(25-19(17)23)8-6-20(7-9-21)5-4-10-24-20;1-4-2(3)5/h12-13H,5-11H2,1-4H3;11-12,22H,4-10H2,1-3H3;1H3. The fourth-order valence-corrected chi connectivity index (χ4v) is 10.3. The Bertz CT molecular complexity index is 2010. The highest BCUT2D eigenvalue weighted by Crippen LogP contribution is 2.54. The summed E-state index contributed by atoms with van der Waals surface area (Å²) >= 11 is 14.4. The van der Waals surface area contributed by atoms with E-state index >= 15 is 0 Å². The summed E-state index contributed by atoms with van der Waals surface area (Å²) in [4.78, 5) is 25.8. The van der Waals surface area contributed by atoms with E-state index in [1.807, 2.05) is 53.7 Å². The van der Waals surface area contributed by atoms with Crippen LogP contribution in [-0.2, 0) is 42.7 Å². The maximum absolute atomic E-state index is 13.2. The minimum atomic E-state index is -0.854. The normalized spacial score (nSPS) is 28.4. The molecule has 2 saturated carbocycles. The van der Waals surface area contributed by atoms with Gasteiger partial charge in [0.1, 0.15) is 11.1 Å². The van der Waals surface area contributed by atoms with Gasteiger partial charge < -0.3 is 38.3 Å². The number of hydrogen-bond acceptors (Lipinski definition) is 12. The van der Waals surface area contributed by atoms with Gasteiger partial charge in [0, 0.05) is 25.4 Å². The van der Waals surface area contributed by atoms with Gasteiger partial charge in [0.25, 0.3) is 4.51 Å². The van der Waals surface area contributed by atoms with Crippen LogP contribution >= 0.6 is 36.0 Å². The van der Waals surface area contributed by atoms with Gasteiger partial charge in [-0.25, -0.2) is 9.59 Å². The summed E-state index contributed by atoms with van der Waals surface area (Å²) in [6, 6.07) is 8.23. The van der Waals surface area contributed by atoms with Crippen molar-refractivity contribution in [1.29, 1.82) is 0 Å². The van der Waals surface area contributed by atoms with Crippen LogP contribution in [0.4, 0.5) is 0 Å². The smallest absolute Gasteiger partial charge is 0.357 e. The second kappa shape index (κ2) is 17.8. The lowest BCUT2D eigenvalue weighted by atomic mass is 9.73. The molecule has 13 heteroatoms. The summed E-state index contributed by atoms with van der Waals surface area (Å²) in [5, 5.41) is 11.0. The Kier molecular flexibility index (Phi) is 13.6. The molecule has 0 unspecified atom stereocenters. The number of esters is 2. The highest BCUT2D eigenvalue weighted by Gasteiger charge is 2.57. The number of aliphatic hydroxyl groups is 1. The van der Waals surface area contributed by atoms with Crippen molar-refractivity contribution in [3.05, 3.63) is 80.3 Å². The Morgan fingerprint density at radius 3 is 1.41 bits per heavy atom. The molecule has 4 fully saturated rings. The van der Waals surface area contributed by atoms with Crippen LogP contribution in [0.2, 0.25) is 0 Å². The number of benzene rings is 2. The average molecular weight is 870 g/mol. The van der Waals surface area contributed by atoms with Gasteiger partial charge in [-0.15, -0.1) is 0 Å². The Balaban J connectivity index is 0.000000180. The van der Waals surface area contributed by atoms with Gasteiger partial charge in [-0.3, -0.25) is 0 Å². The van der Waals surface area contributed by atoms with Crippen LogP contribution in [0.15, 0.2) is 35.8 Å². The van der Waals surface area contributed by atoms with Crippen LogP contribution in [-0.4, -0.2) is 76.6 Å². The summed E-state index contributed by atoms with van der Waals surface area (Å²) in [7, 11) is 2.90. The molecule has 4 heterocycles. The molecule has 0 radical (unpaired) electrons. The van der Waals surface area contributed by atoms with Crippen molar-refractivity contribution in [2.45, 2.75) is 141 Å². The van der Waals surface area contributed by atoms with E-state index in [4.69, 9.17) is 52.2 Å². The van der Waals surface area contributed by atoms with Gasteiger partial charge in [-0.1, -0.05) is 35.4 Å². The lowest BCUT2D eigenvalue weighted by molar-refractivity contribution is -0.156. The number of aliphatic hydroxyl groups excluding tert-OH is 1. The van der Waals surface area contributed by atoms with Crippen molar-refractivity contribution in [1.82, 2.24) is 0 Å². The maximum atomic E-state index is 13.2. The van der Waals surface area contributed by atoms with Crippen LogP contribution in [0.3, 0.4) is 0 Å². The Morgan fingerprint density at radius 2 is 1.02 bits per heavy atom. The van der Waals surface area contributed by atoms with E-state index < -0.39 is 17.2 Å². The Labute approximate surface area is 363 Å². The molecule has 0 aromatic heterocycles. The van der Waals surface area contributed by atoms with Gasteiger partial charge in [0.2, 0.25) is 0 Å². The SMILES string of the molecule is COC(=S)Cl.COC(=S)OC1=C(c2c(C)cc(C)cc2C)C(=O)OC12CCC1(CCCO1)CC2.Cc1cc(C)c(C2=C(O)C3(CCC4(CCCO4)CC3)OC2=O)c(C)c1. The minimum Gasteiger partial charge on any atom is -0.507 e. The first-order valence-electron chi connectivity index (χ1n) is 20.5. The number of aryl methyl sites for hydroxylation is 6. The zero-order valence-corrected chi connectivity index (χ0v) is 37.9. The predicted octanol–water partition coefficient (Wildman–Crippen LogP) is 10.1. The summed E-state index contributed by atoms with van der Waals surface area (Å²) in [6.07, 6.45) is 10.3. The van der Waals surface area contributed by atoms with Crippen molar-refractivity contribution >= 4 is 68.9 Å². The molecular formula is C46H57ClO10S2. The third kappa shape index (κ3) is 9.08. The van der Waals surface area contributed by atoms with Crippen molar-refractivity contribution < 1.29 is 47.9 Å². The van der Waals surface area contributed by atoms with Crippen LogP contribution in [0.25, 0.3) is 11.1 Å². The number of halogens is 1. The van der Waals surface area contributed by atoms with Crippen LogP contribution in [0.5, 0.6) is 0 Å². The van der Waals surface area contributed by atoms with Crippen LogP contribution in [0.1, 0.15) is 122 Å². The molecule has 0 bridgehead atoms. The third-order valence-electron chi connectivity index (χ3n) is 13.0. The molecule has 4 aliphatic heterocycles. The zero-order valence-electron chi connectivity index (χ0n) is 35.5. The number of rotatable bonds is 3. The second-order valence-electron chi connectivity index (χ2n) is 17.0. The first-order valence-corrected chi connectivity index (χ1v) is 21.7. The number of carbonyl (C=O) groups is 2. The Morgan fingerprint density at radius 1 is 0.627 bits per heavy atom. The summed E-state index contributed by atoms with van der Waals surface area (Å²) < 4.78 is 39.3. The molecule has 2 aliphatic carbocycles. The van der Waals surface area contributed by atoms with E-state index in [1.54, 1.807) is 0 Å². The first kappa shape index (κ1) is 45.0. The van der Waals surface area contributed by atoms with Gasteiger partial charge >= 0.3 is 17.2 Å². The summed E-state index contributed by atoms with van der Waals surface area (Å²) in [6.45, 7) is 13.7. The monoisotopic (exact) mass is 868 g/mol. The van der Waals surface area contributed by atoms with Gasteiger partial charge in [-0.05, 0) is 176 Å². The second-order valence-corrected chi connectivity index (χ2v) is 18.3. The minimum absolute atomic E-state index is 0.00463. The molecule has 0 atom stereocenters. The van der Waals surface area contributed by atoms with E-state index in [2.05, 4.69) is 29.1 Å². The highest BCUT2D eigenvalue weighted by molar-refractivity contribution is 7.82. The molecule has 2 saturated heterocycles. The van der Waals surface area contributed by atoms with Crippen molar-refractivity contribution in [2.75, 3.05) is 27.4 Å². The summed E-state index contributed by atoms with van der Waals surface area (Å²) in [5.74, 6) is -0.120. The van der Waals surface area contributed by atoms with E-state index in [-0.39, 0.29) is 32.7 Å². The quantitative estimate of drug-likeness (QED) is 0.180. The molecule has 0 amide bonds. The fraction of sp³-hybridized carbons (Fsp3) is 0.565. The zero-order chi connectivity index (χ0) is 42.9. The Hall–Kier alpha value is -3.55. The van der Waals surface area contributed by atoms with Crippen LogP contribution in [0, 0.1) is 41.5 Å². The van der Waals surface area contributed by atoms with Gasteiger partial charge in [0.15, 0.2) is 22.7 Å². The van der Waals surface area contributed by atoms with E-state index in [1.165, 1.54) is 14.2 Å². The number of carbonyl (C=O) groups excluding carboxylic acids is 2. The van der Waals surface area contributed by atoms with Crippen molar-refractivity contribution in [2.24, 2.45) is 0 Å². The largest absolute Gasteiger partial charge is 0.507 e. The molecule has 1 N–H and O–H groups in total. The van der Waals surface area contributed by atoms with Gasteiger partial charge in [0.05, 0.1) is 25.4 Å². The van der Waals surface area contributed by atoms with Crippen LogP contribution < -0.4 is 0 Å². The molecule has 2 aromatic carbocycles. The molecule has 6 aliphatic rings. The van der Waals surface area contributed by atoms with Crippen molar-refractivity contribution in [3.63, 3.8) is 0 Å². The lowest BCUT2D eigenvalue weighted by Crippen LogP contribution is -2.44. The first-order chi connectivity index (χ1) is 27.9. The molecule has 4 spiro atoms. The average Bonchev–Trinajstić information content (AvgIpc) is 3.95. The number of hydrogen-bond donors (Lipinski definition) is 1. The van der Waals surface area contributed by atoms with Gasteiger partial charge in [-0.2, -0.15) is 0 Å². The molecule has 8 rings (SSSR count). The maximum Gasteiger partial charge on any atom is 0.357 e. The molecular weight excluding hydrogens is 812 g/mol. The van der Waals surface area contributed by atoms with E-state index in [0.717, 1.165) is 109 Å². The molecule has 2 aromatic rings. The molecule has 59 heavy (non-hydrogen) atoms. The highest BCUT2D eigenvalue weighted by atomic mass is 35.5. The predicted molar refractivity (Wildman–Crippen MR) is 234 cm³/mol. The summed E-state index contributed by atoms with van der Waals surface area (Å²) in [5.41, 5.74) is 7.05. The molecule has 320 valence electrons. The number of ether oxygens (including phenoxy) is 7. The number of methoxy groups -OCH3 is 2. The topological polar surface area (TPSA) is 119 Å². The number of thiocarbonyl (C=S) groups is 2.